The van der Waals surface area contributed by atoms with Gasteiger partial charge in [0.25, 0.3) is 5.91 Å². The van der Waals surface area contributed by atoms with E-state index < -0.39 is 125 Å². The number of hydrogen-bond donors (Lipinski definition) is 5. The molecule has 1 amide bonds. The van der Waals surface area contributed by atoms with E-state index in [0.29, 0.717) is 23.8 Å². The molecule has 11 rings (SSSR count). The van der Waals surface area contributed by atoms with Crippen LogP contribution in [0.1, 0.15) is 143 Å². The number of phenolic OH excluding ortho intramolecular Hbond substituents is 1. The topological polar surface area (TPSA) is 268 Å². The molecule has 6 unspecified atom stereocenters. The molecule has 0 aromatic heterocycles. The quantitative estimate of drug-likeness (QED) is 0.0345. The van der Waals surface area contributed by atoms with Crippen LogP contribution in [-0.4, -0.2) is 122 Å². The first-order chi connectivity index (χ1) is 41.3. The molecule has 7 aliphatic rings. The minimum atomic E-state index is -2.49. The lowest BCUT2D eigenvalue weighted by atomic mass is 9.44. The van der Waals surface area contributed by atoms with Crippen molar-refractivity contribution < 1.29 is 82.4 Å². The fraction of sp³-hybridized carbons (Fsp3) is 0.493. The maximum atomic E-state index is 15.9. The Morgan fingerprint density at radius 3 is 2.13 bits per heavy atom. The highest BCUT2D eigenvalue weighted by molar-refractivity contribution is 5.97. The van der Waals surface area contributed by atoms with Gasteiger partial charge in [0.05, 0.1) is 35.7 Å². The fourth-order valence-electron chi connectivity index (χ4n) is 16.7. The normalized spacial score (nSPS) is 34.3. The van der Waals surface area contributed by atoms with Gasteiger partial charge in [0.15, 0.2) is 17.5 Å². The second-order valence-electron chi connectivity index (χ2n) is 26.2. The summed E-state index contributed by atoms with van der Waals surface area (Å²) >= 11 is 0. The molecule has 0 radical (unpaired) electrons. The van der Waals surface area contributed by atoms with E-state index in [1.165, 1.54) is 43.2 Å². The number of rotatable bonds is 14. The molecule has 18 heteroatoms. The van der Waals surface area contributed by atoms with Gasteiger partial charge in [0.2, 0.25) is 6.10 Å². The summed E-state index contributed by atoms with van der Waals surface area (Å²) < 4.78 is 37.4. The molecule has 1 heterocycles. The van der Waals surface area contributed by atoms with Crippen molar-refractivity contribution in [2.24, 2.45) is 39.9 Å². The molecule has 5 N–H and O–H groups in total. The maximum absolute atomic E-state index is 15.9. The summed E-state index contributed by atoms with van der Waals surface area (Å²) in [5.74, 6) is -7.18. The smallest absolute Gasteiger partial charge is 0.350 e. The molecule has 17 atom stereocenters. The molecule has 460 valence electrons. The van der Waals surface area contributed by atoms with Crippen LogP contribution in [0.2, 0.25) is 0 Å². The van der Waals surface area contributed by atoms with E-state index in [4.69, 9.17) is 28.4 Å². The van der Waals surface area contributed by atoms with Crippen LogP contribution in [0.4, 0.5) is 0 Å². The van der Waals surface area contributed by atoms with Crippen LogP contribution in [0.3, 0.4) is 0 Å². The molecular weight excluding hydrogens is 1110 g/mol. The number of phenols is 1. The van der Waals surface area contributed by atoms with E-state index in [-0.39, 0.29) is 58.3 Å². The third-order valence-corrected chi connectivity index (χ3v) is 21.2. The summed E-state index contributed by atoms with van der Waals surface area (Å²) in [7, 11) is 0. The minimum absolute atomic E-state index is 0.0407. The molecule has 18 nitrogen and oxygen atoms in total. The number of benzene rings is 4. The van der Waals surface area contributed by atoms with Gasteiger partial charge in [0, 0.05) is 43.7 Å². The van der Waals surface area contributed by atoms with Gasteiger partial charge in [-0.1, -0.05) is 99.6 Å². The van der Waals surface area contributed by atoms with Gasteiger partial charge in [-0.05, 0) is 146 Å². The third-order valence-electron chi connectivity index (χ3n) is 21.2. The van der Waals surface area contributed by atoms with Crippen molar-refractivity contribution in [3.8, 4) is 5.75 Å². The number of aliphatic hydroxyl groups is 3. The Hall–Kier alpha value is -7.51. The van der Waals surface area contributed by atoms with Crippen LogP contribution in [0, 0.1) is 39.9 Å². The summed E-state index contributed by atoms with van der Waals surface area (Å²) in [5, 5.41) is 51.7. The Morgan fingerprint density at radius 2 is 1.48 bits per heavy atom. The van der Waals surface area contributed by atoms with Crippen LogP contribution in [0.25, 0.3) is 0 Å². The van der Waals surface area contributed by atoms with Gasteiger partial charge in [-0.2, -0.15) is 0 Å². The molecule has 1 saturated heterocycles. The molecule has 0 spiro atoms. The van der Waals surface area contributed by atoms with Crippen LogP contribution in [0.5, 0.6) is 5.75 Å². The standard InChI is InChI=1S/C69H77NO17/c1-37-50(35-69(81)61(86-63(79)42-22-15-10-16-23-42)58-67(7,51(74)34-52-68(58,36-82-52)87-39(3)72)60(77)56(83-38(2)71)54(37)65(69,4)5)84-64(80)57(55(40-18-11-8-12-19-40)70-62(78)41-20-13-9-14-21-41)85-53(75)25-17-24-44-33-49-48-28-26-43-32-45(73)27-29-46(43)47(48)30-31-66(49,6)59(44)76/h8-23,25,27,29,32,44,47-52,55-59,61,73-74,76,81H,24,26,28,30-31,33-36H2,1-7H3,(H,70,78)/b25-17+/t44?,47?,48?,49?,50-,51-,52+,55-,56+,57+,58?,59-,61?,66-,67+,68-,69+/m0/s1. The first-order valence-corrected chi connectivity index (χ1v) is 30.2. The van der Waals surface area contributed by atoms with Crippen LogP contribution in [0.15, 0.2) is 132 Å². The lowest BCUT2D eigenvalue weighted by Gasteiger charge is -2.67. The number of allylic oxidation sites excluding steroid dienone is 1. The second kappa shape index (κ2) is 23.2. The number of aromatic hydroxyl groups is 1. The zero-order chi connectivity index (χ0) is 62.1. The zero-order valence-corrected chi connectivity index (χ0v) is 50.0. The van der Waals surface area contributed by atoms with Crippen molar-refractivity contribution in [1.29, 1.82) is 0 Å². The summed E-state index contributed by atoms with van der Waals surface area (Å²) in [6, 6.07) is 28.5. The van der Waals surface area contributed by atoms with E-state index in [9.17, 15) is 44.4 Å². The molecule has 5 fully saturated rings. The summed E-state index contributed by atoms with van der Waals surface area (Å²) in [6.07, 6.45) is -4.32. The Labute approximate surface area is 505 Å². The van der Waals surface area contributed by atoms with E-state index in [0.717, 1.165) is 46.0 Å². The lowest BCUT2D eigenvalue weighted by Crippen LogP contribution is -2.82. The summed E-state index contributed by atoms with van der Waals surface area (Å²) in [6.45, 7) is 10.1. The number of esters is 5. The van der Waals surface area contributed by atoms with E-state index in [1.54, 1.807) is 105 Å². The molecule has 87 heavy (non-hydrogen) atoms. The Kier molecular flexibility index (Phi) is 16.3. The molecule has 6 aliphatic carbocycles. The molecule has 4 aromatic rings. The van der Waals surface area contributed by atoms with E-state index in [2.05, 4.69) is 12.2 Å². The third kappa shape index (κ3) is 10.5. The van der Waals surface area contributed by atoms with Crippen molar-refractivity contribution in [2.45, 2.75) is 166 Å². The van der Waals surface area contributed by atoms with Gasteiger partial charge in [-0.15, -0.1) is 0 Å². The highest BCUT2D eigenvalue weighted by Crippen LogP contribution is 2.66. The van der Waals surface area contributed by atoms with Crippen LogP contribution in [-0.2, 0) is 58.8 Å². The zero-order valence-electron chi connectivity index (χ0n) is 50.0. The first-order valence-electron chi connectivity index (χ1n) is 30.2. The van der Waals surface area contributed by atoms with Gasteiger partial charge in [-0.3, -0.25) is 19.2 Å². The first kappa shape index (κ1) is 61.1. The SMILES string of the molecule is CC(=O)O[C@H]1C(=O)[C@@]2(C)C(C(OC(=O)c3ccccc3)[C@]3(O)C[C@H](OC(=O)[C@H](OC(=O)/C=C/CC4CC5C6CCc7cc(O)ccc7C6CC[C@]5(C)[C@H]4O)[C@@H](NC(=O)c4ccccc4)c4ccccc4)C(C)=C1C3(C)C)[C@]1(OC(C)=O)CO[C@@H]1C[C@@H]2O. The van der Waals surface area contributed by atoms with Crippen molar-refractivity contribution in [2.75, 3.05) is 6.61 Å². The predicted octanol–water partition coefficient (Wildman–Crippen LogP) is 8.08. The van der Waals surface area contributed by atoms with Gasteiger partial charge in [0.1, 0.15) is 35.7 Å². The fourth-order valence-corrected chi connectivity index (χ4v) is 16.7. The predicted molar refractivity (Wildman–Crippen MR) is 313 cm³/mol. The van der Waals surface area contributed by atoms with Crippen molar-refractivity contribution in [1.82, 2.24) is 5.32 Å². The number of ether oxygens (including phenoxy) is 6. The number of aliphatic hydroxyl groups excluding tert-OH is 2. The van der Waals surface area contributed by atoms with Gasteiger partial charge >= 0.3 is 29.8 Å². The van der Waals surface area contributed by atoms with Crippen molar-refractivity contribution in [3.63, 3.8) is 0 Å². The number of carbonyl (C=O) groups excluding carboxylic acids is 7. The number of hydrogen-bond acceptors (Lipinski definition) is 17. The number of fused-ring (bicyclic) bond motifs is 10. The molecular formula is C69H77NO17. The largest absolute Gasteiger partial charge is 0.508 e. The van der Waals surface area contributed by atoms with Crippen molar-refractivity contribution in [3.05, 3.63) is 160 Å². The lowest BCUT2D eigenvalue weighted by molar-refractivity contribution is -0.346. The average Bonchev–Trinajstić information content (AvgIpc) is 1.12. The monoisotopic (exact) mass is 1190 g/mol. The minimum Gasteiger partial charge on any atom is -0.508 e. The Bertz CT molecular complexity index is 3420. The number of Topliss-reactive ketones (excluding diaryl/α,β-unsaturated/α-hetero) is 1. The molecule has 4 aromatic carbocycles. The molecule has 2 bridgehead atoms. The van der Waals surface area contributed by atoms with Gasteiger partial charge < -0.3 is 54.2 Å². The second-order valence-corrected chi connectivity index (χ2v) is 26.2. The van der Waals surface area contributed by atoms with E-state index in [1.807, 2.05) is 12.1 Å². The average molecular weight is 1190 g/mol. The number of carbonyl (C=O) groups is 7. The van der Waals surface area contributed by atoms with E-state index >= 15 is 9.59 Å². The number of aryl methyl sites for hydroxylation is 1. The van der Waals surface area contributed by atoms with Gasteiger partial charge in [-0.25, -0.2) is 14.4 Å². The highest BCUT2D eigenvalue weighted by Gasteiger charge is 2.78. The van der Waals surface area contributed by atoms with Crippen LogP contribution >= 0.6 is 0 Å². The number of nitrogens with one attached hydrogen (secondary N) is 1. The Balaban J connectivity index is 0.967. The molecule has 1 aliphatic heterocycles. The Morgan fingerprint density at radius 1 is 0.816 bits per heavy atom. The highest BCUT2D eigenvalue weighted by atomic mass is 16.6. The molecule has 4 saturated carbocycles. The summed E-state index contributed by atoms with van der Waals surface area (Å²) in [4.78, 5) is 102. The van der Waals surface area contributed by atoms with Crippen molar-refractivity contribution >= 4 is 41.5 Å². The number of ketones is 1. The number of amides is 1. The summed E-state index contributed by atoms with van der Waals surface area (Å²) in [5.41, 5.74) is -5.48. The van der Waals surface area contributed by atoms with Crippen LogP contribution < -0.4 is 5.32 Å². The maximum Gasteiger partial charge on any atom is 0.350 e.